The molecule has 158 valence electrons. The second-order valence-electron chi connectivity index (χ2n) is 10.6. The predicted octanol–water partition coefficient (Wildman–Crippen LogP) is 1.36. The van der Waals surface area contributed by atoms with Gasteiger partial charge in [0, 0.05) is 8.07 Å². The van der Waals surface area contributed by atoms with E-state index in [9.17, 15) is 0 Å². The Hall–Kier alpha value is -1.19. The van der Waals surface area contributed by atoms with E-state index in [1.165, 1.54) is 42.9 Å². The van der Waals surface area contributed by atoms with Crippen LogP contribution >= 0.6 is 0 Å². The zero-order valence-corrected chi connectivity index (χ0v) is 22.3. The zero-order valence-electron chi connectivity index (χ0n) is 21.3. The van der Waals surface area contributed by atoms with Crippen molar-refractivity contribution in [2.45, 2.75) is 65.0 Å². The van der Waals surface area contributed by atoms with Crippen LogP contribution in [0.25, 0.3) is 21.5 Å². The van der Waals surface area contributed by atoms with Crippen molar-refractivity contribution in [2.24, 2.45) is 0 Å². The largest absolute Gasteiger partial charge is 1.00 e. The molecule has 0 aromatic heterocycles. The van der Waals surface area contributed by atoms with Gasteiger partial charge in [-0.1, -0.05) is 87.7 Å². The van der Waals surface area contributed by atoms with Crippen LogP contribution in [0.1, 0.15) is 60.4 Å². The summed E-state index contributed by atoms with van der Waals surface area (Å²) in [6.07, 6.45) is 6.29. The van der Waals surface area contributed by atoms with Gasteiger partial charge in [-0.3, -0.25) is 0 Å². The third-order valence-electron chi connectivity index (χ3n) is 8.17. The molecule has 0 saturated carbocycles. The van der Waals surface area contributed by atoms with Crippen LogP contribution in [0, 0.1) is 5.54 Å². The Morgan fingerprint density at radius 1 is 0.879 bits per heavy atom. The van der Waals surface area contributed by atoms with Crippen LogP contribution in [0.3, 0.4) is 0 Å². The Kier molecular flexibility index (Phi) is 6.88. The first-order valence-electron chi connectivity index (χ1n) is 12.1. The average Bonchev–Trinajstić information content (AvgIpc) is 3.48. The van der Waals surface area contributed by atoms with Crippen LogP contribution < -0.4 is 42.9 Å². The van der Waals surface area contributed by atoms with E-state index in [4.69, 9.17) is 0 Å². The van der Waals surface area contributed by atoms with Gasteiger partial charge in [0.15, 0.2) is 0 Å². The molecule has 4 aromatic rings. The molecule has 2 aliphatic rings. The molecule has 0 radical (unpaired) electrons. The van der Waals surface area contributed by atoms with Crippen LogP contribution in [-0.4, -0.2) is 8.07 Å². The van der Waals surface area contributed by atoms with Crippen molar-refractivity contribution in [2.75, 3.05) is 0 Å². The molecule has 0 aliphatic heterocycles. The van der Waals surface area contributed by atoms with Gasteiger partial charge >= 0.3 is 37.7 Å². The Morgan fingerprint density at radius 3 is 2.42 bits per heavy atom. The summed E-state index contributed by atoms with van der Waals surface area (Å²) in [5.41, 5.74) is 9.71. The monoisotopic (exact) mass is 434 g/mol. The molecular weight excluding hydrogens is 402 g/mol. The Labute approximate surface area is 224 Å². The summed E-state index contributed by atoms with van der Waals surface area (Å²) in [7, 11) is -1.79. The molecule has 0 bridgehead atoms. The summed E-state index contributed by atoms with van der Waals surface area (Å²) in [6.45, 7) is 9.95. The molecular formula is C30H32Li2Si. The van der Waals surface area contributed by atoms with Crippen LogP contribution in [0.5, 0.6) is 0 Å². The molecule has 0 fully saturated rings. The third kappa shape index (κ3) is 3.82. The molecule has 0 unspecified atom stereocenters. The zero-order chi connectivity index (χ0) is 21.3. The molecule has 0 saturated heterocycles. The third-order valence-corrected chi connectivity index (χ3v) is 12.0. The van der Waals surface area contributed by atoms with E-state index in [0.29, 0.717) is 5.92 Å². The van der Waals surface area contributed by atoms with Crippen molar-refractivity contribution in [3.8, 4) is 0 Å². The molecule has 0 N–H and O–H groups in total. The van der Waals surface area contributed by atoms with Gasteiger partial charge in [-0.25, -0.2) is 0 Å². The maximum Gasteiger partial charge on any atom is 1.00 e. The Morgan fingerprint density at radius 2 is 1.64 bits per heavy atom. The van der Waals surface area contributed by atoms with Crippen LogP contribution in [-0.2, 0) is 19.3 Å². The molecule has 0 heterocycles. The number of aryl methyl sites for hydroxylation is 3. The van der Waals surface area contributed by atoms with Gasteiger partial charge in [0.25, 0.3) is 0 Å². The van der Waals surface area contributed by atoms with Gasteiger partial charge in [0.2, 0.25) is 0 Å². The number of hydrogen-bond donors (Lipinski definition) is 0. The SMILES string of the molecule is CC(C)c1cc([Si](C)(C)[C-]2CCc3c2ccc2ccccc32)c2cc3c(c[c-]12)CCC3.[Li+].[Li+]. The van der Waals surface area contributed by atoms with Gasteiger partial charge in [0.05, 0.1) is 0 Å². The molecule has 0 spiro atoms. The van der Waals surface area contributed by atoms with Gasteiger partial charge in [-0.05, 0) is 17.7 Å². The molecule has 33 heavy (non-hydrogen) atoms. The Balaban J connectivity index is 0.00000130. The quantitative estimate of drug-likeness (QED) is 0.337. The molecule has 6 rings (SSSR count). The number of hydrogen-bond acceptors (Lipinski definition) is 0. The van der Waals surface area contributed by atoms with E-state index in [1.807, 2.05) is 0 Å². The minimum absolute atomic E-state index is 0. The summed E-state index contributed by atoms with van der Waals surface area (Å²) in [5.74, 6) is 0.574. The normalized spacial score (nSPS) is 15.0. The van der Waals surface area contributed by atoms with Crippen molar-refractivity contribution >= 4 is 34.8 Å². The molecule has 2 aliphatic carbocycles. The summed E-state index contributed by atoms with van der Waals surface area (Å²) in [5, 5.41) is 7.65. The number of benzene rings is 3. The van der Waals surface area contributed by atoms with E-state index < -0.39 is 8.07 Å². The van der Waals surface area contributed by atoms with Crippen molar-refractivity contribution in [1.82, 2.24) is 0 Å². The van der Waals surface area contributed by atoms with Gasteiger partial charge < -0.3 is 0 Å². The number of fused-ring (bicyclic) bond motifs is 5. The molecule has 0 nitrogen and oxygen atoms in total. The van der Waals surface area contributed by atoms with Crippen LogP contribution in [0.4, 0.5) is 0 Å². The van der Waals surface area contributed by atoms with Crippen molar-refractivity contribution < 1.29 is 37.7 Å². The summed E-state index contributed by atoms with van der Waals surface area (Å²) in [6, 6.07) is 21.5. The topological polar surface area (TPSA) is 0 Å². The molecule has 0 atom stereocenters. The van der Waals surface area contributed by atoms with Gasteiger partial charge in [0.1, 0.15) is 0 Å². The first-order valence-corrected chi connectivity index (χ1v) is 15.1. The maximum atomic E-state index is 2.61. The van der Waals surface area contributed by atoms with E-state index in [-0.39, 0.29) is 37.7 Å². The first-order chi connectivity index (χ1) is 14.9. The average molecular weight is 435 g/mol. The molecule has 3 heteroatoms. The second-order valence-corrected chi connectivity index (χ2v) is 15.0. The second kappa shape index (κ2) is 9.11. The van der Waals surface area contributed by atoms with E-state index >= 15 is 0 Å². The summed E-state index contributed by atoms with van der Waals surface area (Å²) in [4.78, 5) is 0. The predicted molar refractivity (Wildman–Crippen MR) is 137 cm³/mol. The molecule has 0 amide bonds. The minimum Gasteiger partial charge on any atom is -0.187 e. The van der Waals surface area contributed by atoms with E-state index in [1.54, 1.807) is 49.3 Å². The fourth-order valence-corrected chi connectivity index (χ4v) is 9.86. The van der Waals surface area contributed by atoms with E-state index in [2.05, 4.69) is 81.5 Å². The van der Waals surface area contributed by atoms with Crippen LogP contribution in [0.2, 0.25) is 13.1 Å². The van der Waals surface area contributed by atoms with E-state index in [0.717, 1.165) is 0 Å². The number of rotatable bonds is 3. The van der Waals surface area contributed by atoms with Gasteiger partial charge in [-0.2, -0.15) is 17.2 Å². The van der Waals surface area contributed by atoms with Crippen molar-refractivity contribution in [3.63, 3.8) is 0 Å². The standard InChI is InChI=1S/C30H32Si.2Li/c1-19(2)26-18-30(28-17-22-10-7-9-21(22)16-27(26)28)31(3,4)29-15-14-24-23-11-6-5-8-20(23)12-13-25(24)29;;/h5-6,8,11-13,16-19H,7,9-10,14-15H2,1-4H3;;/q-2;2*+1. The van der Waals surface area contributed by atoms with Crippen molar-refractivity contribution in [1.29, 1.82) is 0 Å². The van der Waals surface area contributed by atoms with Gasteiger partial charge in [-0.15, -0.1) is 57.1 Å². The molecule has 4 aromatic carbocycles. The van der Waals surface area contributed by atoms with Crippen LogP contribution in [0.15, 0.2) is 54.6 Å². The Bertz CT molecular complexity index is 1330. The fraction of sp³-hybridized carbons (Fsp3) is 0.333. The smallest absolute Gasteiger partial charge is 0.187 e. The minimum atomic E-state index is -1.79. The van der Waals surface area contributed by atoms with Crippen molar-refractivity contribution in [3.05, 3.63) is 88.0 Å². The summed E-state index contributed by atoms with van der Waals surface area (Å²) >= 11 is 0. The summed E-state index contributed by atoms with van der Waals surface area (Å²) < 4.78 is 0. The maximum absolute atomic E-state index is 2.61. The first kappa shape index (κ1) is 24.9. The fourth-order valence-electron chi connectivity index (χ4n) is 6.48.